The number of sulfonamides is 1. The van der Waals surface area contributed by atoms with Gasteiger partial charge in [0.15, 0.2) is 5.03 Å². The Morgan fingerprint density at radius 1 is 1.43 bits per heavy atom. The molecule has 0 aliphatic carbocycles. The van der Waals surface area contributed by atoms with Crippen LogP contribution in [0.4, 0.5) is 5.69 Å². The maximum absolute atomic E-state index is 12.1. The van der Waals surface area contributed by atoms with Gasteiger partial charge in [-0.25, -0.2) is 4.98 Å². The molecule has 0 amide bonds. The summed E-state index contributed by atoms with van der Waals surface area (Å²) in [6, 6.07) is 5.11. The Labute approximate surface area is 123 Å². The number of aryl methyl sites for hydroxylation is 1. The SMILES string of the molecule is Cc1ccc(NS(=O)(=O)c2cnc[nH]2)cc1C#CCCO. The summed E-state index contributed by atoms with van der Waals surface area (Å²) >= 11 is 0. The van der Waals surface area contributed by atoms with E-state index in [-0.39, 0.29) is 11.6 Å². The molecule has 21 heavy (non-hydrogen) atoms. The molecule has 3 N–H and O–H groups in total. The highest BCUT2D eigenvalue weighted by Gasteiger charge is 2.15. The van der Waals surface area contributed by atoms with E-state index in [1.807, 2.05) is 6.92 Å². The quantitative estimate of drug-likeness (QED) is 0.741. The second-order valence-electron chi connectivity index (χ2n) is 4.33. The minimum Gasteiger partial charge on any atom is -0.395 e. The van der Waals surface area contributed by atoms with Crippen molar-refractivity contribution < 1.29 is 13.5 Å². The van der Waals surface area contributed by atoms with Crippen LogP contribution in [0.5, 0.6) is 0 Å². The number of benzene rings is 1. The Morgan fingerprint density at radius 3 is 2.90 bits per heavy atom. The lowest BCUT2D eigenvalue weighted by Gasteiger charge is -2.07. The van der Waals surface area contributed by atoms with Crippen molar-refractivity contribution in [2.75, 3.05) is 11.3 Å². The topological polar surface area (TPSA) is 95.1 Å². The number of aromatic nitrogens is 2. The average Bonchev–Trinajstić information content (AvgIpc) is 2.97. The molecule has 7 heteroatoms. The van der Waals surface area contributed by atoms with Gasteiger partial charge in [-0.05, 0) is 24.6 Å². The van der Waals surface area contributed by atoms with Crippen molar-refractivity contribution >= 4 is 15.7 Å². The van der Waals surface area contributed by atoms with E-state index in [0.717, 1.165) is 5.56 Å². The van der Waals surface area contributed by atoms with Gasteiger partial charge in [0.1, 0.15) is 0 Å². The predicted octanol–water partition coefficient (Wildman–Crippen LogP) is 1.25. The molecule has 2 rings (SSSR count). The third kappa shape index (κ3) is 3.84. The fraction of sp³-hybridized carbons (Fsp3) is 0.214. The summed E-state index contributed by atoms with van der Waals surface area (Å²) in [5.41, 5.74) is 2.07. The Balaban J connectivity index is 2.26. The first kappa shape index (κ1) is 15.1. The fourth-order valence-corrected chi connectivity index (χ4v) is 2.59. The smallest absolute Gasteiger partial charge is 0.278 e. The number of anilines is 1. The number of aromatic amines is 1. The molecule has 110 valence electrons. The monoisotopic (exact) mass is 305 g/mol. The van der Waals surface area contributed by atoms with Crippen molar-refractivity contribution in [3.8, 4) is 11.8 Å². The molecular formula is C14H15N3O3S. The molecule has 1 aromatic carbocycles. The van der Waals surface area contributed by atoms with Gasteiger partial charge in [-0.15, -0.1) is 0 Å². The molecule has 0 saturated carbocycles. The minimum absolute atomic E-state index is 0.00179. The van der Waals surface area contributed by atoms with Crippen molar-refractivity contribution in [2.45, 2.75) is 18.4 Å². The van der Waals surface area contributed by atoms with Crippen LogP contribution < -0.4 is 4.72 Å². The third-order valence-corrected chi connectivity index (χ3v) is 4.02. The van der Waals surface area contributed by atoms with Crippen LogP contribution in [-0.2, 0) is 10.0 Å². The normalized spacial score (nSPS) is 10.8. The Kier molecular flexibility index (Phi) is 4.62. The molecule has 1 heterocycles. The standard InChI is InChI=1S/C14H15N3O3S/c1-11-5-6-13(8-12(11)4-2-3-7-18)17-21(19,20)14-9-15-10-16-14/h5-6,8-10,17-18H,3,7H2,1H3,(H,15,16). The fourth-order valence-electron chi connectivity index (χ4n) is 1.63. The highest BCUT2D eigenvalue weighted by molar-refractivity contribution is 7.92. The van der Waals surface area contributed by atoms with E-state index < -0.39 is 10.0 Å². The molecule has 2 aromatic rings. The molecular weight excluding hydrogens is 290 g/mol. The van der Waals surface area contributed by atoms with Gasteiger partial charge < -0.3 is 10.1 Å². The Hall–Kier alpha value is -2.30. The summed E-state index contributed by atoms with van der Waals surface area (Å²) in [7, 11) is -3.68. The first-order chi connectivity index (χ1) is 10.0. The Bertz CT molecular complexity index is 772. The van der Waals surface area contributed by atoms with Gasteiger partial charge in [0.25, 0.3) is 10.0 Å². The van der Waals surface area contributed by atoms with E-state index in [1.54, 1.807) is 18.2 Å². The van der Waals surface area contributed by atoms with Crippen molar-refractivity contribution in [1.82, 2.24) is 9.97 Å². The summed E-state index contributed by atoms with van der Waals surface area (Å²) in [6.45, 7) is 1.88. The van der Waals surface area contributed by atoms with Crippen LogP contribution in [0.2, 0.25) is 0 Å². The van der Waals surface area contributed by atoms with Crippen LogP contribution in [0, 0.1) is 18.8 Å². The zero-order valence-electron chi connectivity index (χ0n) is 11.4. The van der Waals surface area contributed by atoms with Crippen LogP contribution in [-0.4, -0.2) is 30.1 Å². The van der Waals surface area contributed by atoms with Crippen LogP contribution in [0.3, 0.4) is 0 Å². The van der Waals surface area contributed by atoms with Gasteiger partial charge in [-0.3, -0.25) is 4.72 Å². The van der Waals surface area contributed by atoms with Crippen molar-refractivity contribution in [3.63, 3.8) is 0 Å². The first-order valence-corrected chi connectivity index (χ1v) is 7.73. The van der Waals surface area contributed by atoms with E-state index >= 15 is 0 Å². The highest BCUT2D eigenvalue weighted by atomic mass is 32.2. The number of H-pyrrole nitrogens is 1. The predicted molar refractivity (Wildman–Crippen MR) is 79.2 cm³/mol. The summed E-state index contributed by atoms with van der Waals surface area (Å²) in [4.78, 5) is 6.24. The largest absolute Gasteiger partial charge is 0.395 e. The molecule has 0 unspecified atom stereocenters. The van der Waals surface area contributed by atoms with Gasteiger partial charge >= 0.3 is 0 Å². The lowest BCUT2D eigenvalue weighted by atomic mass is 10.1. The second kappa shape index (κ2) is 6.43. The molecule has 0 spiro atoms. The van der Waals surface area contributed by atoms with Gasteiger partial charge in [0, 0.05) is 12.0 Å². The second-order valence-corrected chi connectivity index (χ2v) is 5.98. The number of aliphatic hydroxyl groups excluding tert-OH is 1. The number of imidazole rings is 1. The number of aliphatic hydroxyl groups is 1. The van der Waals surface area contributed by atoms with E-state index in [9.17, 15) is 8.42 Å². The number of rotatable bonds is 4. The number of hydrogen-bond donors (Lipinski definition) is 3. The zero-order chi connectivity index (χ0) is 15.3. The molecule has 0 bridgehead atoms. The number of nitrogens with zero attached hydrogens (tertiary/aromatic N) is 1. The zero-order valence-corrected chi connectivity index (χ0v) is 12.2. The lowest BCUT2D eigenvalue weighted by molar-refractivity contribution is 0.305. The summed E-state index contributed by atoms with van der Waals surface area (Å²) in [6.07, 6.45) is 2.91. The number of nitrogens with one attached hydrogen (secondary N) is 2. The molecule has 0 fully saturated rings. The summed E-state index contributed by atoms with van der Waals surface area (Å²) < 4.78 is 26.6. The van der Waals surface area contributed by atoms with Crippen LogP contribution >= 0.6 is 0 Å². The van der Waals surface area contributed by atoms with E-state index in [1.165, 1.54) is 12.5 Å². The first-order valence-electron chi connectivity index (χ1n) is 6.24. The molecule has 6 nitrogen and oxygen atoms in total. The molecule has 1 aromatic heterocycles. The minimum atomic E-state index is -3.68. The van der Waals surface area contributed by atoms with Crippen LogP contribution in [0.1, 0.15) is 17.5 Å². The van der Waals surface area contributed by atoms with Crippen molar-refractivity contribution in [2.24, 2.45) is 0 Å². The Morgan fingerprint density at radius 2 is 2.24 bits per heavy atom. The summed E-state index contributed by atoms with van der Waals surface area (Å²) in [5.74, 6) is 5.73. The van der Waals surface area contributed by atoms with Gasteiger partial charge in [0.05, 0.1) is 24.8 Å². The van der Waals surface area contributed by atoms with Crippen molar-refractivity contribution in [3.05, 3.63) is 41.9 Å². The molecule has 0 aliphatic heterocycles. The molecule has 0 aliphatic rings. The van der Waals surface area contributed by atoms with E-state index in [0.29, 0.717) is 17.7 Å². The molecule has 0 atom stereocenters. The van der Waals surface area contributed by atoms with Gasteiger partial charge in [-0.1, -0.05) is 17.9 Å². The van der Waals surface area contributed by atoms with Gasteiger partial charge in [0.2, 0.25) is 0 Å². The van der Waals surface area contributed by atoms with Crippen molar-refractivity contribution in [1.29, 1.82) is 0 Å². The van der Waals surface area contributed by atoms with E-state index in [4.69, 9.17) is 5.11 Å². The molecule has 0 radical (unpaired) electrons. The van der Waals surface area contributed by atoms with Crippen LogP contribution in [0.15, 0.2) is 35.7 Å². The highest BCUT2D eigenvalue weighted by Crippen LogP contribution is 2.18. The third-order valence-electron chi connectivity index (χ3n) is 2.71. The maximum atomic E-state index is 12.1. The van der Waals surface area contributed by atoms with Gasteiger partial charge in [-0.2, -0.15) is 8.42 Å². The average molecular weight is 305 g/mol. The summed E-state index contributed by atoms with van der Waals surface area (Å²) in [5, 5.41) is 8.72. The lowest BCUT2D eigenvalue weighted by Crippen LogP contribution is -2.13. The van der Waals surface area contributed by atoms with E-state index in [2.05, 4.69) is 26.5 Å². The van der Waals surface area contributed by atoms with Crippen LogP contribution in [0.25, 0.3) is 0 Å². The number of hydrogen-bond acceptors (Lipinski definition) is 4. The molecule has 0 saturated heterocycles. The maximum Gasteiger partial charge on any atom is 0.278 e.